The molecule has 0 saturated carbocycles. The first-order valence-corrected chi connectivity index (χ1v) is 9.95. The van der Waals surface area contributed by atoms with Crippen molar-refractivity contribution in [1.82, 2.24) is 0 Å². The van der Waals surface area contributed by atoms with E-state index in [0.29, 0.717) is 0 Å². The molecule has 0 spiro atoms. The van der Waals surface area contributed by atoms with E-state index < -0.39 is 0 Å². The molecule has 32 valence electrons. The zero-order chi connectivity index (χ0) is 5.86. The van der Waals surface area contributed by atoms with Crippen molar-refractivity contribution < 1.29 is 0 Å². The van der Waals surface area contributed by atoms with Gasteiger partial charge < -0.3 is 0 Å². The van der Waals surface area contributed by atoms with Gasteiger partial charge in [-0.2, -0.15) is 0 Å². The fraction of sp³-hybridized carbons (Fsp3) is 1.00. The summed E-state index contributed by atoms with van der Waals surface area (Å²) in [7, 11) is 13.6. The standard InChI is InChI=1S/CH2P2Si4/c4-2(5)1-3(6)7/h1H2. The van der Waals surface area contributed by atoms with E-state index in [4.69, 9.17) is 0 Å². The minimum Gasteiger partial charge on any atom is -0.140 e. The summed E-state index contributed by atoms with van der Waals surface area (Å²) in [4.78, 5) is 0. The Hall–Kier alpha value is 1.73. The third kappa shape index (κ3) is 7.73. The molecule has 7 heavy (non-hydrogen) atoms. The normalized spacial score (nSPS) is 11.1. The van der Waals surface area contributed by atoms with Crippen molar-refractivity contribution in [3.8, 4) is 0 Å². The highest BCUT2D eigenvalue weighted by Gasteiger charge is 1.94. The van der Waals surface area contributed by atoms with E-state index in [9.17, 15) is 0 Å². The van der Waals surface area contributed by atoms with E-state index in [2.05, 4.69) is 39.6 Å². The molecule has 0 amide bonds. The topological polar surface area (TPSA) is 0 Å². The van der Waals surface area contributed by atoms with Crippen molar-refractivity contribution in [1.29, 1.82) is 0 Å². The Kier molecular flexibility index (Phi) is 5.72. The van der Waals surface area contributed by atoms with Gasteiger partial charge in [0, 0.05) is 0 Å². The lowest BCUT2D eigenvalue weighted by atomic mass is 11.9. The Morgan fingerprint density at radius 1 is 0.857 bits per heavy atom. The SMILES string of the molecule is [Si]P([Si])CP([Si])[Si]. The average Bonchev–Trinajstić information content (AvgIpc) is 1.27. The zero-order valence-electron chi connectivity index (χ0n) is 3.60. The number of hydrogen-bond acceptors (Lipinski definition) is 0. The Bertz CT molecular complexity index is 39.0. The molecular weight excluding hydrogens is 186 g/mol. The molecule has 0 aliphatic carbocycles. The van der Waals surface area contributed by atoms with Gasteiger partial charge in [-0.1, -0.05) is 0 Å². The highest BCUT2D eigenvalue weighted by molar-refractivity contribution is 8.14. The van der Waals surface area contributed by atoms with Crippen molar-refractivity contribution in [2.24, 2.45) is 0 Å². The van der Waals surface area contributed by atoms with Crippen LogP contribution in [0.3, 0.4) is 0 Å². The van der Waals surface area contributed by atoms with Gasteiger partial charge in [0.25, 0.3) is 0 Å². The Balaban J connectivity index is 2.95. The smallest absolute Gasteiger partial charge is 0.0594 e. The summed E-state index contributed by atoms with van der Waals surface area (Å²) in [6.45, 7) is 0. The monoisotopic (exact) mass is 188 g/mol. The molecule has 0 nitrogen and oxygen atoms in total. The molecule has 12 radical (unpaired) electrons. The predicted octanol–water partition coefficient (Wildman–Crippen LogP) is 0.242. The zero-order valence-corrected chi connectivity index (χ0v) is 9.39. The van der Waals surface area contributed by atoms with Gasteiger partial charge in [0.05, 0.1) is 39.6 Å². The number of hydrogen-bond donors (Lipinski definition) is 0. The maximum atomic E-state index is 3.45. The van der Waals surface area contributed by atoms with Crippen LogP contribution in [-0.2, 0) is 0 Å². The molecule has 0 fully saturated rings. The van der Waals surface area contributed by atoms with E-state index in [1.54, 1.807) is 0 Å². The van der Waals surface area contributed by atoms with E-state index >= 15 is 0 Å². The molecule has 0 atom stereocenters. The lowest BCUT2D eigenvalue weighted by molar-refractivity contribution is 2.26. The molecule has 0 unspecified atom stereocenters. The summed E-state index contributed by atoms with van der Waals surface area (Å²) in [6, 6.07) is 0. The van der Waals surface area contributed by atoms with Crippen molar-refractivity contribution in [3.63, 3.8) is 0 Å². The van der Waals surface area contributed by atoms with Crippen LogP contribution in [0.1, 0.15) is 0 Å². The summed E-state index contributed by atoms with van der Waals surface area (Å²) in [6.07, 6.45) is 0. The van der Waals surface area contributed by atoms with Crippen LogP contribution in [0.2, 0.25) is 0 Å². The summed E-state index contributed by atoms with van der Waals surface area (Å²) >= 11 is 0. The third-order valence-corrected chi connectivity index (χ3v) is 7.64. The van der Waals surface area contributed by atoms with Gasteiger partial charge in [-0.15, -0.1) is 14.0 Å². The van der Waals surface area contributed by atoms with Crippen LogP contribution in [0.25, 0.3) is 0 Å². The molecule has 0 aliphatic rings. The van der Waals surface area contributed by atoms with E-state index in [-0.39, 0.29) is 14.0 Å². The van der Waals surface area contributed by atoms with E-state index in [1.165, 1.54) is 0 Å². The van der Waals surface area contributed by atoms with Crippen molar-refractivity contribution in [3.05, 3.63) is 0 Å². The second-order valence-corrected chi connectivity index (χ2v) is 13.0. The lowest BCUT2D eigenvalue weighted by Gasteiger charge is -2.06. The molecule has 0 heterocycles. The van der Waals surface area contributed by atoms with Gasteiger partial charge in [-0.25, -0.2) is 0 Å². The van der Waals surface area contributed by atoms with Gasteiger partial charge in [-0.3, -0.25) is 0 Å². The first-order chi connectivity index (χ1) is 3.13. The van der Waals surface area contributed by atoms with Crippen LogP contribution in [0.5, 0.6) is 0 Å². The second kappa shape index (κ2) is 4.59. The highest BCUT2D eigenvalue weighted by Crippen LogP contribution is 2.37. The van der Waals surface area contributed by atoms with Crippen LogP contribution in [-0.4, -0.2) is 45.5 Å². The summed E-state index contributed by atoms with van der Waals surface area (Å²) in [5.41, 5.74) is 0. The lowest BCUT2D eigenvalue weighted by Crippen LogP contribution is -1.80. The Morgan fingerprint density at radius 2 is 1.14 bits per heavy atom. The molecule has 0 bridgehead atoms. The molecule has 0 rings (SSSR count). The summed E-state index contributed by atoms with van der Waals surface area (Å²) in [5.74, 6) is 1.15. The van der Waals surface area contributed by atoms with Crippen LogP contribution in [0.15, 0.2) is 0 Å². The first kappa shape index (κ1) is 8.73. The second-order valence-electron chi connectivity index (χ2n) is 0.997. The van der Waals surface area contributed by atoms with Gasteiger partial charge in [0.15, 0.2) is 0 Å². The van der Waals surface area contributed by atoms with Crippen LogP contribution >= 0.6 is 14.0 Å². The fourth-order valence-electron chi connectivity index (χ4n) is 0.141. The van der Waals surface area contributed by atoms with Crippen molar-refractivity contribution in [2.75, 3.05) is 5.90 Å². The molecule has 0 saturated heterocycles. The molecule has 0 aromatic carbocycles. The molecule has 0 aliphatic heterocycles. The highest BCUT2D eigenvalue weighted by atomic mass is 31.6. The summed E-state index contributed by atoms with van der Waals surface area (Å²) in [5, 5.41) is 0. The molecule has 6 heteroatoms. The maximum absolute atomic E-state index is 3.45. The van der Waals surface area contributed by atoms with Crippen molar-refractivity contribution in [2.45, 2.75) is 0 Å². The van der Waals surface area contributed by atoms with Crippen molar-refractivity contribution >= 4 is 53.7 Å². The first-order valence-electron chi connectivity index (χ1n) is 1.53. The predicted molar refractivity (Wildman–Crippen MR) is 41.7 cm³/mol. The summed E-state index contributed by atoms with van der Waals surface area (Å²) < 4.78 is 0. The largest absolute Gasteiger partial charge is 0.140 e. The maximum Gasteiger partial charge on any atom is 0.0594 e. The van der Waals surface area contributed by atoms with Gasteiger partial charge in [-0.05, 0) is 5.90 Å². The van der Waals surface area contributed by atoms with Gasteiger partial charge in [0.1, 0.15) is 0 Å². The third-order valence-electron chi connectivity index (χ3n) is 0.283. The van der Waals surface area contributed by atoms with E-state index in [0.717, 1.165) is 5.90 Å². The minimum atomic E-state index is -0.0972. The van der Waals surface area contributed by atoms with Gasteiger partial charge >= 0.3 is 0 Å². The van der Waals surface area contributed by atoms with Crippen LogP contribution in [0.4, 0.5) is 0 Å². The Labute approximate surface area is 59.8 Å². The minimum absolute atomic E-state index is 0.0972. The van der Waals surface area contributed by atoms with E-state index in [1.807, 2.05) is 0 Å². The molecule has 0 aromatic heterocycles. The Morgan fingerprint density at radius 3 is 1.14 bits per heavy atom. The van der Waals surface area contributed by atoms with Crippen LogP contribution in [0, 0.1) is 0 Å². The van der Waals surface area contributed by atoms with Gasteiger partial charge in [0.2, 0.25) is 0 Å². The molecular formula is CH2P2Si4. The fourth-order valence-corrected chi connectivity index (χ4v) is 11.5. The molecule has 0 N–H and O–H groups in total. The number of rotatable bonds is 2. The quantitative estimate of drug-likeness (QED) is 0.430. The molecule has 0 aromatic rings. The average molecular weight is 188 g/mol. The van der Waals surface area contributed by atoms with Crippen LogP contribution < -0.4 is 0 Å².